The molecular weight excluding hydrogens is 322 g/mol. The fraction of sp³-hybridized carbons (Fsp3) is 0.167. The summed E-state index contributed by atoms with van der Waals surface area (Å²) in [6, 6.07) is 12.7. The molecule has 0 saturated carbocycles. The SMILES string of the molecule is CC(=O)c1cccc(NC(=O)CNc2ccc3nc(C)sc3c2)c1. The van der Waals surface area contributed by atoms with Gasteiger partial charge in [0.2, 0.25) is 5.91 Å². The van der Waals surface area contributed by atoms with Gasteiger partial charge in [0.1, 0.15) is 0 Å². The number of anilines is 2. The molecule has 3 rings (SSSR count). The van der Waals surface area contributed by atoms with E-state index in [4.69, 9.17) is 0 Å². The van der Waals surface area contributed by atoms with Crippen LogP contribution in [-0.2, 0) is 4.79 Å². The monoisotopic (exact) mass is 339 g/mol. The first-order valence-electron chi connectivity index (χ1n) is 7.53. The Bertz CT molecular complexity index is 918. The maximum atomic E-state index is 12.1. The normalized spacial score (nSPS) is 10.6. The van der Waals surface area contributed by atoms with Crippen LogP contribution in [0.3, 0.4) is 0 Å². The summed E-state index contributed by atoms with van der Waals surface area (Å²) in [4.78, 5) is 27.9. The lowest BCUT2D eigenvalue weighted by Crippen LogP contribution is -2.21. The molecule has 122 valence electrons. The number of ketones is 1. The Morgan fingerprint density at radius 3 is 2.75 bits per heavy atom. The number of fused-ring (bicyclic) bond motifs is 1. The van der Waals surface area contributed by atoms with E-state index in [0.717, 1.165) is 20.9 Å². The van der Waals surface area contributed by atoms with Crippen LogP contribution in [0.15, 0.2) is 42.5 Å². The third-order valence-electron chi connectivity index (χ3n) is 3.50. The fourth-order valence-electron chi connectivity index (χ4n) is 2.35. The summed E-state index contributed by atoms with van der Waals surface area (Å²) in [7, 11) is 0. The zero-order valence-electron chi connectivity index (χ0n) is 13.4. The number of aromatic nitrogens is 1. The van der Waals surface area contributed by atoms with Crippen molar-refractivity contribution in [2.45, 2.75) is 13.8 Å². The molecule has 1 aromatic heterocycles. The highest BCUT2D eigenvalue weighted by atomic mass is 32.1. The van der Waals surface area contributed by atoms with Gasteiger partial charge in [-0.1, -0.05) is 12.1 Å². The van der Waals surface area contributed by atoms with E-state index in [1.165, 1.54) is 6.92 Å². The van der Waals surface area contributed by atoms with Crippen LogP contribution in [0.4, 0.5) is 11.4 Å². The number of carbonyl (C=O) groups is 2. The number of amides is 1. The van der Waals surface area contributed by atoms with Gasteiger partial charge in [-0.15, -0.1) is 11.3 Å². The molecule has 0 radical (unpaired) electrons. The average molecular weight is 339 g/mol. The van der Waals surface area contributed by atoms with Gasteiger partial charge in [-0.05, 0) is 44.2 Å². The Morgan fingerprint density at radius 1 is 1.12 bits per heavy atom. The smallest absolute Gasteiger partial charge is 0.243 e. The summed E-state index contributed by atoms with van der Waals surface area (Å²) in [6.07, 6.45) is 0. The Balaban J connectivity index is 1.62. The van der Waals surface area contributed by atoms with Gasteiger partial charge in [-0.25, -0.2) is 4.98 Å². The molecule has 0 atom stereocenters. The van der Waals surface area contributed by atoms with Crippen LogP contribution in [0.25, 0.3) is 10.2 Å². The van der Waals surface area contributed by atoms with Gasteiger partial charge in [0.15, 0.2) is 5.78 Å². The summed E-state index contributed by atoms with van der Waals surface area (Å²) < 4.78 is 1.09. The van der Waals surface area contributed by atoms with Gasteiger partial charge in [0.05, 0.1) is 21.8 Å². The molecule has 0 fully saturated rings. The van der Waals surface area contributed by atoms with Crippen molar-refractivity contribution in [1.82, 2.24) is 4.98 Å². The Labute approximate surface area is 143 Å². The van der Waals surface area contributed by atoms with Crippen molar-refractivity contribution in [3.05, 3.63) is 53.0 Å². The quantitative estimate of drug-likeness (QED) is 0.693. The zero-order valence-corrected chi connectivity index (χ0v) is 14.2. The highest BCUT2D eigenvalue weighted by molar-refractivity contribution is 7.18. The topological polar surface area (TPSA) is 71.1 Å². The number of nitrogens with zero attached hydrogens (tertiary/aromatic N) is 1. The molecule has 24 heavy (non-hydrogen) atoms. The predicted octanol–water partition coefficient (Wildman–Crippen LogP) is 3.86. The number of hydrogen-bond donors (Lipinski definition) is 2. The zero-order chi connectivity index (χ0) is 17.1. The molecule has 2 aromatic carbocycles. The summed E-state index contributed by atoms with van der Waals surface area (Å²) in [5.74, 6) is -0.200. The van der Waals surface area contributed by atoms with Gasteiger partial charge in [-0.2, -0.15) is 0 Å². The van der Waals surface area contributed by atoms with Crippen molar-refractivity contribution < 1.29 is 9.59 Å². The predicted molar refractivity (Wildman–Crippen MR) is 97.9 cm³/mol. The molecule has 0 aliphatic heterocycles. The molecule has 0 aliphatic rings. The van der Waals surface area contributed by atoms with Gasteiger partial charge in [0, 0.05) is 16.9 Å². The fourth-order valence-corrected chi connectivity index (χ4v) is 3.22. The molecule has 0 aliphatic carbocycles. The van der Waals surface area contributed by atoms with Crippen molar-refractivity contribution in [2.24, 2.45) is 0 Å². The van der Waals surface area contributed by atoms with Gasteiger partial charge >= 0.3 is 0 Å². The van der Waals surface area contributed by atoms with Crippen molar-refractivity contribution in [2.75, 3.05) is 17.2 Å². The number of rotatable bonds is 5. The summed E-state index contributed by atoms with van der Waals surface area (Å²) >= 11 is 1.62. The summed E-state index contributed by atoms with van der Waals surface area (Å²) in [6.45, 7) is 3.62. The molecule has 2 N–H and O–H groups in total. The highest BCUT2D eigenvalue weighted by Crippen LogP contribution is 2.24. The van der Waals surface area contributed by atoms with E-state index in [1.54, 1.807) is 35.6 Å². The molecule has 6 heteroatoms. The van der Waals surface area contributed by atoms with Crippen LogP contribution < -0.4 is 10.6 Å². The van der Waals surface area contributed by atoms with E-state index >= 15 is 0 Å². The van der Waals surface area contributed by atoms with Crippen LogP contribution in [-0.4, -0.2) is 23.2 Å². The molecule has 5 nitrogen and oxygen atoms in total. The lowest BCUT2D eigenvalue weighted by Gasteiger charge is -2.08. The number of thiazole rings is 1. The first-order valence-corrected chi connectivity index (χ1v) is 8.35. The van der Waals surface area contributed by atoms with Crippen LogP contribution in [0.1, 0.15) is 22.3 Å². The molecule has 1 amide bonds. The Hall–Kier alpha value is -2.73. The summed E-state index contributed by atoms with van der Waals surface area (Å²) in [5, 5.41) is 6.91. The number of aryl methyl sites for hydroxylation is 1. The van der Waals surface area contributed by atoms with Gasteiger partial charge < -0.3 is 10.6 Å². The maximum absolute atomic E-state index is 12.1. The molecule has 0 saturated heterocycles. The molecule has 3 aromatic rings. The minimum absolute atomic E-state index is 0.0302. The second-order valence-electron chi connectivity index (χ2n) is 5.45. The van der Waals surface area contributed by atoms with E-state index in [2.05, 4.69) is 15.6 Å². The first kappa shape index (κ1) is 16.1. The van der Waals surface area contributed by atoms with Gasteiger partial charge in [-0.3, -0.25) is 9.59 Å². The second-order valence-corrected chi connectivity index (χ2v) is 6.69. The molecule has 0 spiro atoms. The van der Waals surface area contributed by atoms with Crippen LogP contribution in [0.2, 0.25) is 0 Å². The molecule has 1 heterocycles. The average Bonchev–Trinajstić information content (AvgIpc) is 2.92. The Kier molecular flexibility index (Phi) is 4.57. The number of nitrogens with one attached hydrogen (secondary N) is 2. The third-order valence-corrected chi connectivity index (χ3v) is 4.43. The second kappa shape index (κ2) is 6.80. The number of benzene rings is 2. The van der Waals surface area contributed by atoms with E-state index < -0.39 is 0 Å². The molecular formula is C18H17N3O2S. The lowest BCUT2D eigenvalue weighted by atomic mass is 10.1. The minimum atomic E-state index is -0.170. The molecule has 0 unspecified atom stereocenters. The van der Waals surface area contributed by atoms with E-state index in [-0.39, 0.29) is 18.2 Å². The lowest BCUT2D eigenvalue weighted by molar-refractivity contribution is -0.114. The summed E-state index contributed by atoms with van der Waals surface area (Å²) in [5.41, 5.74) is 3.03. The maximum Gasteiger partial charge on any atom is 0.243 e. The van der Waals surface area contributed by atoms with Crippen LogP contribution in [0, 0.1) is 6.92 Å². The van der Waals surface area contributed by atoms with Crippen LogP contribution in [0.5, 0.6) is 0 Å². The van der Waals surface area contributed by atoms with E-state index in [9.17, 15) is 9.59 Å². The molecule has 0 bridgehead atoms. The number of carbonyl (C=O) groups excluding carboxylic acids is 2. The van der Waals surface area contributed by atoms with Gasteiger partial charge in [0.25, 0.3) is 0 Å². The number of hydrogen-bond acceptors (Lipinski definition) is 5. The Morgan fingerprint density at radius 2 is 1.96 bits per heavy atom. The van der Waals surface area contributed by atoms with E-state index in [1.807, 2.05) is 25.1 Å². The van der Waals surface area contributed by atoms with Crippen molar-refractivity contribution in [3.8, 4) is 0 Å². The van der Waals surface area contributed by atoms with Crippen molar-refractivity contribution >= 4 is 44.6 Å². The third kappa shape index (κ3) is 3.78. The van der Waals surface area contributed by atoms with Crippen molar-refractivity contribution in [3.63, 3.8) is 0 Å². The number of Topliss-reactive ketones (excluding diaryl/α,β-unsaturated/α-hetero) is 1. The van der Waals surface area contributed by atoms with Crippen LogP contribution >= 0.6 is 11.3 Å². The van der Waals surface area contributed by atoms with E-state index in [0.29, 0.717) is 11.3 Å². The highest BCUT2D eigenvalue weighted by Gasteiger charge is 2.06. The first-order chi connectivity index (χ1) is 11.5. The minimum Gasteiger partial charge on any atom is -0.376 e. The van der Waals surface area contributed by atoms with Crippen molar-refractivity contribution in [1.29, 1.82) is 0 Å². The largest absolute Gasteiger partial charge is 0.376 e. The standard InChI is InChI=1S/C18H17N3O2S/c1-11(22)13-4-3-5-15(8-13)21-18(23)10-19-14-6-7-16-17(9-14)24-12(2)20-16/h3-9,19H,10H2,1-2H3,(H,21,23).